The monoisotopic (exact) mass is 1700 g/mol. The molecule has 0 aliphatic heterocycles. The van der Waals surface area contributed by atoms with Gasteiger partial charge in [0.1, 0.15) is 0 Å². The van der Waals surface area contributed by atoms with Gasteiger partial charge in [-0.05, 0) is 156 Å². The molecule has 0 spiro atoms. The van der Waals surface area contributed by atoms with Crippen molar-refractivity contribution in [3.05, 3.63) is 437 Å². The first-order valence-corrected chi connectivity index (χ1v) is 44.5. The molecule has 0 radical (unpaired) electrons. The second-order valence-electron chi connectivity index (χ2n) is 34.0. The molecule has 616 valence electrons. The van der Waals surface area contributed by atoms with Crippen molar-refractivity contribution in [3.8, 4) is 51.7 Å². The number of thiophene rings is 1. The smallest absolute Gasteiger partial charge is 0.266 e. The standard InChI is InChI=1S/C41H25N5O.C38H26N4O.C35H20N4OS/c47-40-33-25-42-41(43-39(33)30-19-9-12-22-36(30)45(40)27-15-5-2-6-16-27)46-35-21-11-8-18-29(35)32-23-37-31(24-38(32)46)28-17-7-10-20-34(28)44(37)26-13-3-1-4-14-26;1-38(2)30-17-9-6-14-24(30)27-21-34-28(20-31(27)38)25-15-7-10-18-32(25)42(34)37-39-22-29-35(40-37)26-16-8-11-19-33(26)41(36(29)43)23-12-4-3-5-13-23;40-34-27-20-36-35(37-33(27)24-14-5-8-16-29(24)38(34)21-10-2-1-3-11-21)39-28-15-7-4-12-22(28)25-19-32-26(18-30(25)39)23-13-6-9-17-31(23)41-32/h1-25H;3-22H,1-2H3;1-20H. The summed E-state index contributed by atoms with van der Waals surface area (Å²) >= 11 is 1.82. The fraction of sp³-hybridized carbons (Fsp3) is 0.0263. The third kappa shape index (κ3) is 11.3. The van der Waals surface area contributed by atoms with Crippen LogP contribution in [0.25, 0.3) is 225 Å². The summed E-state index contributed by atoms with van der Waals surface area (Å²) in [4.78, 5) is 71.9. The SMILES string of the molecule is CC1(C)c2ccccc2-c2cc3c(cc21)c1ccccc1n3-c1ncc2c(=O)n(-c3ccccc3)c3ccccc3c2n1.O=c1c2cnc(-n3c4ccccc4c4cc5c(cc43)c3ccccc3n5-c3ccccc3)nc2c2ccccc2n1-c1ccccc1.O=c1c2cnc(-n3c4ccccc4c4cc5sc6ccccc6c5cc43)nc2c2ccccc2n1-c1ccccc1. The number of benzene rings is 16. The molecule has 0 amide bonds. The Balaban J connectivity index is 0.000000103. The van der Waals surface area contributed by atoms with Gasteiger partial charge in [-0.25, -0.2) is 29.9 Å². The van der Waals surface area contributed by atoms with Gasteiger partial charge in [0, 0.05) is 126 Å². The lowest BCUT2D eigenvalue weighted by molar-refractivity contribution is 0.661. The number of pyridine rings is 3. The highest BCUT2D eigenvalue weighted by atomic mass is 32.1. The quantitative estimate of drug-likeness (QED) is 0.141. The summed E-state index contributed by atoms with van der Waals surface area (Å²) in [6.45, 7) is 4.62. The molecule has 27 aromatic rings. The molecule has 28 rings (SSSR count). The Morgan fingerprint density at radius 2 is 0.504 bits per heavy atom. The average Bonchev–Trinajstić information content (AvgIpc) is 1.56. The predicted octanol–water partition coefficient (Wildman–Crippen LogP) is 25.9. The summed E-state index contributed by atoms with van der Waals surface area (Å²) in [6, 6.07) is 128. The first kappa shape index (κ1) is 75.0. The predicted molar refractivity (Wildman–Crippen MR) is 536 cm³/mol. The van der Waals surface area contributed by atoms with Crippen molar-refractivity contribution in [1.29, 1.82) is 0 Å². The molecule has 0 atom stereocenters. The number of aromatic nitrogens is 13. The third-order valence-corrected chi connectivity index (χ3v) is 27.6. The zero-order valence-corrected chi connectivity index (χ0v) is 71.3. The van der Waals surface area contributed by atoms with Gasteiger partial charge >= 0.3 is 0 Å². The summed E-state index contributed by atoms with van der Waals surface area (Å²) in [5, 5.41) is 15.8. The van der Waals surface area contributed by atoms with Gasteiger partial charge in [-0.3, -0.25) is 41.8 Å². The maximum Gasteiger partial charge on any atom is 0.266 e. The van der Waals surface area contributed by atoms with E-state index in [-0.39, 0.29) is 22.1 Å². The van der Waals surface area contributed by atoms with Gasteiger partial charge in [0.2, 0.25) is 17.8 Å². The van der Waals surface area contributed by atoms with Gasteiger partial charge in [-0.15, -0.1) is 11.3 Å². The van der Waals surface area contributed by atoms with E-state index in [1.54, 1.807) is 32.3 Å². The van der Waals surface area contributed by atoms with Crippen LogP contribution in [-0.4, -0.2) is 61.9 Å². The highest BCUT2D eigenvalue weighted by Crippen LogP contribution is 2.52. The zero-order chi connectivity index (χ0) is 87.0. The Labute approximate surface area is 748 Å². The molecule has 11 aromatic heterocycles. The summed E-state index contributed by atoms with van der Waals surface area (Å²) in [5.41, 5.74) is 21.1. The van der Waals surface area contributed by atoms with Crippen LogP contribution in [0.15, 0.2) is 409 Å². The molecule has 0 saturated carbocycles. The average molecular weight is 1700 g/mol. The number of fused-ring (bicyclic) bond motifs is 27. The summed E-state index contributed by atoms with van der Waals surface area (Å²) in [5.74, 6) is 1.62. The van der Waals surface area contributed by atoms with E-state index in [2.05, 4.69) is 226 Å². The summed E-state index contributed by atoms with van der Waals surface area (Å²) in [6.07, 6.45) is 5.07. The fourth-order valence-corrected chi connectivity index (χ4v) is 21.7. The second kappa shape index (κ2) is 29.1. The first-order chi connectivity index (χ1) is 64.5. The van der Waals surface area contributed by atoms with Crippen molar-refractivity contribution < 1.29 is 0 Å². The van der Waals surface area contributed by atoms with Crippen LogP contribution >= 0.6 is 11.3 Å². The minimum absolute atomic E-state index is 0.0969. The molecule has 16 nitrogen and oxygen atoms in total. The van der Waals surface area contributed by atoms with E-state index in [0.717, 1.165) is 132 Å². The molecule has 0 N–H and O–H groups in total. The van der Waals surface area contributed by atoms with Crippen molar-refractivity contribution >= 4 is 184 Å². The third-order valence-electron chi connectivity index (χ3n) is 26.5. The first-order valence-electron chi connectivity index (χ1n) is 43.7. The molecule has 0 bridgehead atoms. The van der Waals surface area contributed by atoms with Crippen molar-refractivity contribution in [2.75, 3.05) is 0 Å². The van der Waals surface area contributed by atoms with Crippen molar-refractivity contribution in [2.45, 2.75) is 19.3 Å². The van der Waals surface area contributed by atoms with Crippen LogP contribution in [0, 0.1) is 0 Å². The minimum atomic E-state index is -0.144. The highest BCUT2D eigenvalue weighted by Gasteiger charge is 2.37. The lowest BCUT2D eigenvalue weighted by atomic mass is 9.82. The molecule has 1 aliphatic carbocycles. The van der Waals surface area contributed by atoms with E-state index in [9.17, 15) is 14.4 Å². The van der Waals surface area contributed by atoms with E-state index >= 15 is 0 Å². The van der Waals surface area contributed by atoms with Crippen molar-refractivity contribution in [3.63, 3.8) is 0 Å². The zero-order valence-electron chi connectivity index (χ0n) is 70.5. The number of hydrogen-bond donors (Lipinski definition) is 0. The van der Waals surface area contributed by atoms with Gasteiger partial charge < -0.3 is 4.57 Å². The lowest BCUT2D eigenvalue weighted by Gasteiger charge is -2.21. The minimum Gasteiger partial charge on any atom is -0.309 e. The van der Waals surface area contributed by atoms with E-state index < -0.39 is 0 Å². The van der Waals surface area contributed by atoms with Crippen LogP contribution in [0.2, 0.25) is 0 Å². The number of nitrogens with zero attached hydrogens (tertiary/aromatic N) is 13. The van der Waals surface area contributed by atoms with Crippen LogP contribution in [0.4, 0.5) is 0 Å². The Morgan fingerprint density at radius 3 is 0.908 bits per heavy atom. The molecule has 17 heteroatoms. The van der Waals surface area contributed by atoms with Crippen LogP contribution < -0.4 is 16.7 Å². The molecule has 0 fully saturated rings. The Bertz CT molecular complexity index is 9750. The van der Waals surface area contributed by atoms with Gasteiger partial charge in [-0.2, -0.15) is 0 Å². The molecule has 0 unspecified atom stereocenters. The molecule has 131 heavy (non-hydrogen) atoms. The largest absolute Gasteiger partial charge is 0.309 e. The van der Waals surface area contributed by atoms with E-state index in [1.807, 2.05) is 193 Å². The van der Waals surface area contributed by atoms with Gasteiger partial charge in [-0.1, -0.05) is 257 Å². The Morgan fingerprint density at radius 1 is 0.214 bits per heavy atom. The number of para-hydroxylation sites is 11. The maximum absolute atomic E-state index is 14.0. The molecular weight excluding hydrogens is 1630 g/mol. The van der Waals surface area contributed by atoms with Crippen LogP contribution in [0.1, 0.15) is 25.0 Å². The van der Waals surface area contributed by atoms with E-state index in [4.69, 9.17) is 29.9 Å². The normalized spacial score (nSPS) is 12.5. The highest BCUT2D eigenvalue weighted by molar-refractivity contribution is 7.25. The molecule has 0 saturated heterocycles. The van der Waals surface area contributed by atoms with Crippen LogP contribution in [0.5, 0.6) is 0 Å². The second-order valence-corrected chi connectivity index (χ2v) is 35.0. The van der Waals surface area contributed by atoms with Gasteiger partial charge in [0.15, 0.2) is 0 Å². The van der Waals surface area contributed by atoms with Crippen LogP contribution in [-0.2, 0) is 5.41 Å². The number of hydrogen-bond acceptors (Lipinski definition) is 10. The number of rotatable bonds is 7. The van der Waals surface area contributed by atoms with Gasteiger partial charge in [0.25, 0.3) is 16.7 Å². The lowest BCUT2D eigenvalue weighted by Crippen LogP contribution is -2.20. The topological polar surface area (TPSA) is 163 Å². The van der Waals surface area contributed by atoms with Crippen molar-refractivity contribution in [1.82, 2.24) is 61.9 Å². The molecule has 1 aliphatic rings. The van der Waals surface area contributed by atoms with E-state index in [1.165, 1.54) is 53.2 Å². The fourth-order valence-electron chi connectivity index (χ4n) is 20.6. The summed E-state index contributed by atoms with van der Waals surface area (Å²) < 4.78 is 16.5. The summed E-state index contributed by atoms with van der Waals surface area (Å²) in [7, 11) is 0. The Kier molecular flexibility index (Phi) is 16.6. The van der Waals surface area contributed by atoms with E-state index in [0.29, 0.717) is 50.6 Å². The molecule has 11 heterocycles. The Hall–Kier alpha value is -17.4. The molecular formula is C114H71N13O3S. The van der Waals surface area contributed by atoms with Crippen LogP contribution in [0.3, 0.4) is 0 Å². The molecule has 16 aromatic carbocycles. The maximum atomic E-state index is 14.0. The van der Waals surface area contributed by atoms with Gasteiger partial charge in [0.05, 0.1) is 93.4 Å². The van der Waals surface area contributed by atoms with Crippen molar-refractivity contribution in [2.24, 2.45) is 0 Å².